The Morgan fingerprint density at radius 3 is 2.69 bits per heavy atom. The van der Waals surface area contributed by atoms with Gasteiger partial charge in [-0.05, 0) is 67.3 Å². The van der Waals surface area contributed by atoms with E-state index in [4.69, 9.17) is 16.7 Å². The molecule has 3 N–H and O–H groups in total. The van der Waals surface area contributed by atoms with Gasteiger partial charge in [0, 0.05) is 33.6 Å². The summed E-state index contributed by atoms with van der Waals surface area (Å²) in [6.45, 7) is 1.28. The molecule has 1 fully saturated rings. The molecule has 0 unspecified atom stereocenters. The van der Waals surface area contributed by atoms with Crippen molar-refractivity contribution in [3.05, 3.63) is 70.4 Å². The van der Waals surface area contributed by atoms with Gasteiger partial charge in [-0.3, -0.25) is 4.79 Å². The molecule has 12 heteroatoms. The summed E-state index contributed by atoms with van der Waals surface area (Å²) in [6.07, 6.45) is -1.73. The number of benzene rings is 2. The van der Waals surface area contributed by atoms with Gasteiger partial charge >= 0.3 is 6.18 Å². The van der Waals surface area contributed by atoms with Crippen molar-refractivity contribution in [2.24, 2.45) is 0 Å². The average Bonchev–Trinajstić information content (AvgIpc) is 3.59. The van der Waals surface area contributed by atoms with Gasteiger partial charge in [0.1, 0.15) is 5.03 Å². The van der Waals surface area contributed by atoms with Crippen molar-refractivity contribution in [1.29, 1.82) is 0 Å². The maximum atomic E-state index is 12.8. The van der Waals surface area contributed by atoms with Crippen LogP contribution in [0.3, 0.4) is 0 Å². The molecule has 5 rings (SSSR count). The lowest BCUT2D eigenvalue weighted by Gasteiger charge is -2.13. The number of hydrogen-bond donors (Lipinski definition) is 3. The Bertz CT molecular complexity index is 1540. The number of anilines is 1. The van der Waals surface area contributed by atoms with Crippen LogP contribution in [0.15, 0.2) is 58.6 Å². The molecule has 7 nitrogen and oxygen atoms in total. The summed E-state index contributed by atoms with van der Waals surface area (Å²) in [5.41, 5.74) is 4.08. The van der Waals surface area contributed by atoms with Crippen molar-refractivity contribution in [3.8, 4) is 11.3 Å². The van der Waals surface area contributed by atoms with Gasteiger partial charge in [-0.2, -0.15) is 18.3 Å². The first kappa shape index (κ1) is 27.3. The highest BCUT2D eigenvalue weighted by Crippen LogP contribution is 2.35. The van der Waals surface area contributed by atoms with Crippen LogP contribution in [0.2, 0.25) is 5.02 Å². The number of aromatic nitrogens is 3. The minimum absolute atomic E-state index is 0.115. The third-order valence-electron chi connectivity index (χ3n) is 6.26. The van der Waals surface area contributed by atoms with Crippen LogP contribution >= 0.6 is 23.4 Å². The fraction of sp³-hybridized carbons (Fsp3) is 0.296. The van der Waals surface area contributed by atoms with Gasteiger partial charge in [0.15, 0.2) is 5.65 Å². The number of aliphatic hydroxyl groups is 1. The molecule has 0 saturated heterocycles. The monoisotopic (exact) mass is 575 g/mol. The van der Waals surface area contributed by atoms with Gasteiger partial charge in [0.25, 0.3) is 5.91 Å². The van der Waals surface area contributed by atoms with Gasteiger partial charge in [-0.15, -0.1) is 0 Å². The second kappa shape index (κ2) is 11.1. The molecular weight excluding hydrogens is 551 g/mol. The van der Waals surface area contributed by atoms with Crippen LogP contribution in [0.4, 0.5) is 18.9 Å². The lowest BCUT2D eigenvalue weighted by molar-refractivity contribution is -0.131. The van der Waals surface area contributed by atoms with Crippen LogP contribution in [0, 0.1) is 6.92 Å². The van der Waals surface area contributed by atoms with E-state index in [0.717, 1.165) is 24.0 Å². The summed E-state index contributed by atoms with van der Waals surface area (Å²) < 4.78 is 40.1. The molecule has 39 heavy (non-hydrogen) atoms. The number of rotatable bonds is 9. The predicted molar refractivity (Wildman–Crippen MR) is 144 cm³/mol. The van der Waals surface area contributed by atoms with E-state index in [2.05, 4.69) is 15.6 Å². The third kappa shape index (κ3) is 6.48. The first-order valence-corrected chi connectivity index (χ1v) is 13.5. The summed E-state index contributed by atoms with van der Waals surface area (Å²) in [5, 5.41) is 21.3. The fourth-order valence-electron chi connectivity index (χ4n) is 4.11. The van der Waals surface area contributed by atoms with E-state index in [1.807, 2.05) is 13.0 Å². The van der Waals surface area contributed by atoms with Crippen LogP contribution in [0.5, 0.6) is 0 Å². The van der Waals surface area contributed by atoms with Gasteiger partial charge < -0.3 is 15.7 Å². The number of carbonyl (C=O) groups excluding carboxylic acids is 1. The van der Waals surface area contributed by atoms with Crippen molar-refractivity contribution in [2.45, 2.75) is 54.9 Å². The Kier molecular flexibility index (Phi) is 7.75. The van der Waals surface area contributed by atoms with E-state index in [0.29, 0.717) is 43.1 Å². The molecule has 2 aromatic carbocycles. The number of halogens is 4. The zero-order valence-electron chi connectivity index (χ0n) is 20.8. The Balaban J connectivity index is 1.53. The molecule has 2 heterocycles. The number of imidazole rings is 1. The van der Waals surface area contributed by atoms with E-state index in [1.165, 1.54) is 11.8 Å². The highest BCUT2D eigenvalue weighted by Gasteiger charge is 2.27. The Hall–Kier alpha value is -3.28. The maximum absolute atomic E-state index is 12.8. The van der Waals surface area contributed by atoms with Crippen molar-refractivity contribution in [1.82, 2.24) is 19.9 Å². The summed E-state index contributed by atoms with van der Waals surface area (Å²) >= 11 is 7.32. The first-order valence-electron chi connectivity index (χ1n) is 12.3. The quantitative estimate of drug-likeness (QED) is 0.218. The molecule has 1 aliphatic rings. The van der Waals surface area contributed by atoms with Gasteiger partial charge in [-0.1, -0.05) is 29.4 Å². The Morgan fingerprint density at radius 2 is 2.00 bits per heavy atom. The predicted octanol–water partition coefficient (Wildman–Crippen LogP) is 6.26. The van der Waals surface area contributed by atoms with Gasteiger partial charge in [0.05, 0.1) is 30.6 Å². The molecule has 1 aliphatic carbocycles. The van der Waals surface area contributed by atoms with Crippen molar-refractivity contribution >= 4 is 40.6 Å². The minimum atomic E-state index is -4.31. The van der Waals surface area contributed by atoms with E-state index >= 15 is 0 Å². The van der Waals surface area contributed by atoms with Crippen LogP contribution in [0.1, 0.15) is 40.7 Å². The van der Waals surface area contributed by atoms with Crippen LogP contribution in [0.25, 0.3) is 16.9 Å². The first-order chi connectivity index (χ1) is 18.6. The number of nitrogens with one attached hydrogen (secondary N) is 2. The summed E-state index contributed by atoms with van der Waals surface area (Å²) in [6, 6.07) is 12.4. The summed E-state index contributed by atoms with van der Waals surface area (Å²) in [5.74, 6) is -0.115. The minimum Gasteiger partial charge on any atom is -0.392 e. The molecule has 0 spiro atoms. The Labute approximate surface area is 231 Å². The maximum Gasteiger partial charge on any atom is 0.390 e. The zero-order chi connectivity index (χ0) is 27.7. The number of amides is 1. The van der Waals surface area contributed by atoms with E-state index < -0.39 is 12.6 Å². The lowest BCUT2D eigenvalue weighted by Crippen LogP contribution is -2.26. The smallest absolute Gasteiger partial charge is 0.390 e. The topological polar surface area (TPSA) is 91.6 Å². The molecule has 0 aliphatic heterocycles. The standard InChI is InChI=1S/C27H25ClF3N5O2S/c1-15-10-16(2-6-20(15)26(38)34-19-4-5-19)22-13-33-25-21(32-9-8-27(29,30)31)12-24(35-36(22)25)39-23-7-3-18(28)11-17(23)14-37/h2-3,6-7,10-13,19,32,37H,4-5,8-9,14H2,1H3,(H,34,38). The van der Waals surface area contributed by atoms with Crippen LogP contribution < -0.4 is 10.6 Å². The molecule has 4 aromatic rings. The molecule has 0 atom stereocenters. The van der Waals surface area contributed by atoms with Crippen molar-refractivity contribution < 1.29 is 23.1 Å². The molecule has 204 valence electrons. The number of aliphatic hydroxyl groups excluding tert-OH is 1. The van der Waals surface area contributed by atoms with Crippen molar-refractivity contribution in [2.75, 3.05) is 11.9 Å². The summed E-state index contributed by atoms with van der Waals surface area (Å²) in [4.78, 5) is 17.7. The average molecular weight is 576 g/mol. The van der Waals surface area contributed by atoms with Crippen LogP contribution in [-0.2, 0) is 6.61 Å². The van der Waals surface area contributed by atoms with Gasteiger partial charge in [-0.25, -0.2) is 9.50 Å². The normalized spacial score (nSPS) is 13.6. The number of carbonyl (C=O) groups is 1. The number of hydrogen-bond acceptors (Lipinski definition) is 6. The second-order valence-electron chi connectivity index (χ2n) is 9.36. The molecule has 0 radical (unpaired) electrons. The number of aryl methyl sites for hydroxylation is 1. The molecule has 2 aromatic heterocycles. The van der Waals surface area contributed by atoms with E-state index in [-0.39, 0.29) is 25.1 Å². The third-order valence-corrected chi connectivity index (χ3v) is 7.52. The number of alkyl halides is 3. The number of nitrogens with zero attached hydrogens (tertiary/aromatic N) is 3. The molecular formula is C27H25ClF3N5O2S. The lowest BCUT2D eigenvalue weighted by atomic mass is 10.0. The van der Waals surface area contributed by atoms with Crippen molar-refractivity contribution in [3.63, 3.8) is 0 Å². The van der Waals surface area contributed by atoms with E-state index in [1.54, 1.807) is 47.1 Å². The largest absolute Gasteiger partial charge is 0.392 e. The fourth-order valence-corrected chi connectivity index (χ4v) is 5.22. The highest BCUT2D eigenvalue weighted by molar-refractivity contribution is 7.99. The molecule has 1 amide bonds. The SMILES string of the molecule is Cc1cc(-c2cnc3c(NCCC(F)(F)F)cc(Sc4ccc(Cl)cc4CO)nn23)ccc1C(=O)NC1CC1. The number of fused-ring (bicyclic) bond motifs is 1. The second-order valence-corrected chi connectivity index (χ2v) is 10.9. The highest BCUT2D eigenvalue weighted by atomic mass is 35.5. The molecule has 0 bridgehead atoms. The van der Waals surface area contributed by atoms with E-state index in [9.17, 15) is 23.1 Å². The molecule has 1 saturated carbocycles. The summed E-state index contributed by atoms with van der Waals surface area (Å²) in [7, 11) is 0. The van der Waals surface area contributed by atoms with Crippen LogP contribution in [-0.4, -0.2) is 44.4 Å². The van der Waals surface area contributed by atoms with Gasteiger partial charge in [0.2, 0.25) is 0 Å². The Morgan fingerprint density at radius 1 is 1.21 bits per heavy atom. The zero-order valence-corrected chi connectivity index (χ0v) is 22.4.